The molecule has 0 spiro atoms. The summed E-state index contributed by atoms with van der Waals surface area (Å²) < 4.78 is 2.36. The van der Waals surface area contributed by atoms with Gasteiger partial charge in [0.15, 0.2) is 0 Å². The van der Waals surface area contributed by atoms with Gasteiger partial charge in [-0.15, -0.1) is 0 Å². The topological polar surface area (TPSA) is 30.9 Å². The van der Waals surface area contributed by atoms with E-state index in [-0.39, 0.29) is 6.04 Å². The monoisotopic (exact) mass is 262 g/mol. The zero-order valence-electron chi connectivity index (χ0n) is 11.2. The van der Waals surface area contributed by atoms with Gasteiger partial charge in [-0.3, -0.25) is 0 Å². The minimum atomic E-state index is 0.268. The highest BCUT2D eigenvalue weighted by atomic mass is 32.2. The fraction of sp³-hybridized carbons (Fsp3) is 0.467. The third-order valence-corrected chi connectivity index (χ3v) is 4.00. The van der Waals surface area contributed by atoms with Gasteiger partial charge in [0.1, 0.15) is 0 Å². The zero-order valence-corrected chi connectivity index (χ0v) is 12.0. The quantitative estimate of drug-likeness (QED) is 0.866. The summed E-state index contributed by atoms with van der Waals surface area (Å²) in [6, 6.07) is 8.91. The number of hydrogen-bond acceptors (Lipinski definition) is 2. The Balaban J connectivity index is 2.34. The number of hydrogen-bond donors (Lipinski definition) is 1. The normalized spacial score (nSPS) is 13.1. The number of para-hydroxylation sites is 1. The van der Waals surface area contributed by atoms with Crippen molar-refractivity contribution in [3.05, 3.63) is 36.0 Å². The lowest BCUT2D eigenvalue weighted by atomic mass is 10.0. The molecule has 18 heavy (non-hydrogen) atoms. The molecular weight excluding hydrogens is 240 g/mol. The van der Waals surface area contributed by atoms with Crippen LogP contribution in [0.5, 0.6) is 0 Å². The van der Waals surface area contributed by atoms with Crippen molar-refractivity contribution in [3.8, 4) is 0 Å². The Morgan fingerprint density at radius 1 is 1.33 bits per heavy atom. The average Bonchev–Trinajstić information content (AvgIpc) is 2.75. The second kappa shape index (κ2) is 6.30. The van der Waals surface area contributed by atoms with Crippen LogP contribution in [0.3, 0.4) is 0 Å². The highest BCUT2D eigenvalue weighted by molar-refractivity contribution is 7.98. The molecule has 0 aliphatic heterocycles. The lowest BCUT2D eigenvalue weighted by Gasteiger charge is -2.06. The van der Waals surface area contributed by atoms with Crippen molar-refractivity contribution >= 4 is 22.7 Å². The van der Waals surface area contributed by atoms with Gasteiger partial charge < -0.3 is 10.3 Å². The Morgan fingerprint density at radius 2 is 2.11 bits per heavy atom. The van der Waals surface area contributed by atoms with E-state index in [1.165, 1.54) is 16.5 Å². The van der Waals surface area contributed by atoms with Gasteiger partial charge in [0.2, 0.25) is 0 Å². The standard InChI is InChI=1S/C15H22N2S/c1-3-13(16)10-12-11-17(8-9-18-2)15-7-5-4-6-14(12)15/h4-7,11,13H,3,8-10,16H2,1-2H3. The molecule has 0 aliphatic rings. The van der Waals surface area contributed by atoms with Crippen molar-refractivity contribution in [2.45, 2.75) is 32.4 Å². The highest BCUT2D eigenvalue weighted by Gasteiger charge is 2.10. The summed E-state index contributed by atoms with van der Waals surface area (Å²) in [4.78, 5) is 0. The third-order valence-electron chi connectivity index (χ3n) is 3.41. The molecule has 0 radical (unpaired) electrons. The van der Waals surface area contributed by atoms with Gasteiger partial charge in [0.05, 0.1) is 0 Å². The van der Waals surface area contributed by atoms with E-state index >= 15 is 0 Å². The van der Waals surface area contributed by atoms with E-state index in [4.69, 9.17) is 5.73 Å². The summed E-state index contributed by atoms with van der Waals surface area (Å²) >= 11 is 1.89. The van der Waals surface area contributed by atoms with Crippen LogP contribution in [-0.2, 0) is 13.0 Å². The maximum absolute atomic E-state index is 6.09. The van der Waals surface area contributed by atoms with Crippen molar-refractivity contribution in [3.63, 3.8) is 0 Å². The molecule has 0 saturated heterocycles. The molecule has 2 rings (SSSR count). The molecule has 2 N–H and O–H groups in total. The highest BCUT2D eigenvalue weighted by Crippen LogP contribution is 2.23. The van der Waals surface area contributed by atoms with Crippen LogP contribution < -0.4 is 5.73 Å². The zero-order chi connectivity index (χ0) is 13.0. The summed E-state index contributed by atoms with van der Waals surface area (Å²) in [5, 5.41) is 1.36. The van der Waals surface area contributed by atoms with E-state index in [2.05, 4.69) is 48.2 Å². The minimum absolute atomic E-state index is 0.268. The molecule has 1 unspecified atom stereocenters. The SMILES string of the molecule is CCC(N)Cc1cn(CCSC)c2ccccc12. The van der Waals surface area contributed by atoms with Crippen molar-refractivity contribution in [1.29, 1.82) is 0 Å². The smallest absolute Gasteiger partial charge is 0.0483 e. The summed E-state index contributed by atoms with van der Waals surface area (Å²) in [6.07, 6.45) is 6.45. The molecule has 2 aromatic rings. The summed E-state index contributed by atoms with van der Waals surface area (Å²) in [6.45, 7) is 3.22. The number of fused-ring (bicyclic) bond motifs is 1. The van der Waals surface area contributed by atoms with E-state index in [0.29, 0.717) is 0 Å². The van der Waals surface area contributed by atoms with Crippen molar-refractivity contribution in [2.24, 2.45) is 5.73 Å². The van der Waals surface area contributed by atoms with Gasteiger partial charge in [0, 0.05) is 35.4 Å². The summed E-state index contributed by atoms with van der Waals surface area (Å²) in [5.74, 6) is 1.15. The van der Waals surface area contributed by atoms with Crippen LogP contribution in [0.15, 0.2) is 30.5 Å². The molecule has 1 atom stereocenters. The van der Waals surface area contributed by atoms with E-state index in [1.807, 2.05) is 11.8 Å². The van der Waals surface area contributed by atoms with Gasteiger partial charge in [0.25, 0.3) is 0 Å². The molecule has 1 aromatic carbocycles. The van der Waals surface area contributed by atoms with Crippen LogP contribution in [-0.4, -0.2) is 22.6 Å². The predicted molar refractivity (Wildman–Crippen MR) is 82.3 cm³/mol. The maximum atomic E-state index is 6.09. The Bertz CT molecular complexity index is 504. The van der Waals surface area contributed by atoms with Gasteiger partial charge in [-0.1, -0.05) is 25.1 Å². The molecule has 1 heterocycles. The Hall–Kier alpha value is -0.930. The molecule has 2 nitrogen and oxygen atoms in total. The molecule has 3 heteroatoms. The van der Waals surface area contributed by atoms with Crippen molar-refractivity contribution < 1.29 is 0 Å². The first-order valence-electron chi connectivity index (χ1n) is 6.57. The molecular formula is C15H22N2S. The number of aryl methyl sites for hydroxylation is 1. The first-order chi connectivity index (χ1) is 8.76. The first kappa shape index (κ1) is 13.5. The Kier molecular flexibility index (Phi) is 4.72. The summed E-state index contributed by atoms with van der Waals surface area (Å²) in [7, 11) is 0. The van der Waals surface area contributed by atoms with Crippen LogP contribution >= 0.6 is 11.8 Å². The predicted octanol–water partition coefficient (Wildman–Crippen LogP) is 3.28. The average molecular weight is 262 g/mol. The van der Waals surface area contributed by atoms with Gasteiger partial charge in [-0.25, -0.2) is 0 Å². The van der Waals surface area contributed by atoms with Gasteiger partial charge >= 0.3 is 0 Å². The van der Waals surface area contributed by atoms with Gasteiger partial charge in [-0.05, 0) is 30.7 Å². The van der Waals surface area contributed by atoms with E-state index in [1.54, 1.807) is 0 Å². The van der Waals surface area contributed by atoms with E-state index in [0.717, 1.165) is 25.1 Å². The van der Waals surface area contributed by atoms with Crippen molar-refractivity contribution in [1.82, 2.24) is 4.57 Å². The first-order valence-corrected chi connectivity index (χ1v) is 7.97. The number of thioether (sulfide) groups is 1. The molecule has 0 aliphatic carbocycles. The number of rotatable bonds is 6. The van der Waals surface area contributed by atoms with E-state index < -0.39 is 0 Å². The van der Waals surface area contributed by atoms with Crippen LogP contribution in [0.1, 0.15) is 18.9 Å². The largest absolute Gasteiger partial charge is 0.346 e. The van der Waals surface area contributed by atoms with Crippen LogP contribution in [0.4, 0.5) is 0 Å². The number of benzene rings is 1. The lowest BCUT2D eigenvalue weighted by Crippen LogP contribution is -2.21. The Morgan fingerprint density at radius 3 is 2.83 bits per heavy atom. The number of nitrogens with two attached hydrogens (primary N) is 1. The molecule has 0 amide bonds. The molecule has 0 bridgehead atoms. The van der Waals surface area contributed by atoms with Crippen molar-refractivity contribution in [2.75, 3.05) is 12.0 Å². The van der Waals surface area contributed by atoms with E-state index in [9.17, 15) is 0 Å². The second-order valence-electron chi connectivity index (χ2n) is 4.73. The fourth-order valence-corrected chi connectivity index (χ4v) is 2.67. The minimum Gasteiger partial charge on any atom is -0.346 e. The second-order valence-corrected chi connectivity index (χ2v) is 5.72. The third kappa shape index (κ3) is 2.90. The fourth-order valence-electron chi connectivity index (χ4n) is 2.29. The van der Waals surface area contributed by atoms with Crippen LogP contribution in [0.25, 0.3) is 10.9 Å². The molecule has 1 aromatic heterocycles. The number of nitrogens with zero attached hydrogens (tertiary/aromatic N) is 1. The summed E-state index contributed by atoms with van der Waals surface area (Å²) in [5.41, 5.74) is 8.82. The van der Waals surface area contributed by atoms with Crippen LogP contribution in [0, 0.1) is 0 Å². The molecule has 98 valence electrons. The molecule has 0 fully saturated rings. The maximum Gasteiger partial charge on any atom is 0.0483 e. The lowest BCUT2D eigenvalue weighted by molar-refractivity contribution is 0.646. The van der Waals surface area contributed by atoms with Crippen LogP contribution in [0.2, 0.25) is 0 Å². The van der Waals surface area contributed by atoms with Gasteiger partial charge in [-0.2, -0.15) is 11.8 Å². The molecule has 0 saturated carbocycles. The number of aromatic nitrogens is 1. The Labute approximate surface area is 114 Å².